The average Bonchev–Trinajstić information content (AvgIpc) is 2.61. The molecule has 24 heavy (non-hydrogen) atoms. The minimum Gasteiger partial charge on any atom is -0.482 e. The molecule has 5 nitrogen and oxygen atoms in total. The summed E-state index contributed by atoms with van der Waals surface area (Å²) in [6.07, 6.45) is 0. The lowest BCUT2D eigenvalue weighted by Gasteiger charge is -2.09. The molecule has 126 valence electrons. The summed E-state index contributed by atoms with van der Waals surface area (Å²) in [4.78, 5) is 23.2. The zero-order valence-electron chi connectivity index (χ0n) is 12.8. The number of ether oxygens (including phenoxy) is 2. The van der Waals surface area contributed by atoms with Crippen molar-refractivity contribution in [2.24, 2.45) is 0 Å². The molecule has 0 spiro atoms. The average molecular weight is 368 g/mol. The van der Waals surface area contributed by atoms with Gasteiger partial charge < -0.3 is 14.8 Å². The van der Waals surface area contributed by atoms with Gasteiger partial charge in [-0.1, -0.05) is 41.4 Å². The Bertz CT molecular complexity index is 732. The standard InChI is InChI=1S/C17H15Cl2NO4/c1-23-17(22)12-7-5-11(6-8-12)9-20-15(21)10-24-14-4-2-3-13(18)16(14)19/h2-8H,9-10H2,1H3,(H,20,21). The van der Waals surface area contributed by atoms with Gasteiger partial charge in [0.2, 0.25) is 0 Å². The summed E-state index contributed by atoms with van der Waals surface area (Å²) in [6.45, 7) is 0.132. The van der Waals surface area contributed by atoms with Crippen LogP contribution in [0, 0.1) is 0 Å². The van der Waals surface area contributed by atoms with E-state index in [1.807, 2.05) is 0 Å². The van der Waals surface area contributed by atoms with Crippen molar-refractivity contribution in [1.29, 1.82) is 0 Å². The van der Waals surface area contributed by atoms with Gasteiger partial charge in [-0.25, -0.2) is 4.79 Å². The molecular formula is C17H15Cl2NO4. The molecule has 0 aliphatic rings. The topological polar surface area (TPSA) is 64.6 Å². The molecule has 0 bridgehead atoms. The first-order valence-electron chi connectivity index (χ1n) is 7.02. The van der Waals surface area contributed by atoms with E-state index >= 15 is 0 Å². The highest BCUT2D eigenvalue weighted by Crippen LogP contribution is 2.31. The fourth-order valence-electron chi connectivity index (χ4n) is 1.87. The number of hydrogen-bond acceptors (Lipinski definition) is 4. The molecule has 2 aromatic carbocycles. The first-order valence-corrected chi connectivity index (χ1v) is 7.77. The summed E-state index contributed by atoms with van der Waals surface area (Å²) < 4.78 is 9.96. The van der Waals surface area contributed by atoms with Crippen molar-refractivity contribution in [3.8, 4) is 5.75 Å². The van der Waals surface area contributed by atoms with Gasteiger partial charge in [0.25, 0.3) is 5.91 Å². The quantitative estimate of drug-likeness (QED) is 0.793. The number of benzene rings is 2. The number of carbonyl (C=O) groups is 2. The van der Waals surface area contributed by atoms with E-state index in [9.17, 15) is 9.59 Å². The molecule has 0 aliphatic carbocycles. The van der Waals surface area contributed by atoms with Crippen molar-refractivity contribution in [3.63, 3.8) is 0 Å². The lowest BCUT2D eigenvalue weighted by Crippen LogP contribution is -2.28. The fraction of sp³-hybridized carbons (Fsp3) is 0.176. The molecule has 0 atom stereocenters. The first kappa shape index (κ1) is 18.1. The van der Waals surface area contributed by atoms with Gasteiger partial charge in [0.1, 0.15) is 10.8 Å². The van der Waals surface area contributed by atoms with Crippen LogP contribution in [0.3, 0.4) is 0 Å². The van der Waals surface area contributed by atoms with Gasteiger partial charge in [-0.15, -0.1) is 0 Å². The highest BCUT2D eigenvalue weighted by molar-refractivity contribution is 6.42. The predicted molar refractivity (Wildman–Crippen MR) is 91.6 cm³/mol. The molecule has 0 saturated carbocycles. The maximum atomic E-state index is 11.8. The van der Waals surface area contributed by atoms with Gasteiger partial charge in [-0.2, -0.15) is 0 Å². The zero-order chi connectivity index (χ0) is 17.5. The molecule has 0 heterocycles. The van der Waals surface area contributed by atoms with Crippen LogP contribution in [-0.2, 0) is 16.1 Å². The van der Waals surface area contributed by atoms with Crippen LogP contribution in [0.4, 0.5) is 0 Å². The van der Waals surface area contributed by atoms with Gasteiger partial charge in [-0.3, -0.25) is 4.79 Å². The molecule has 2 rings (SSSR count). The Kier molecular flexibility index (Phi) is 6.46. The number of rotatable bonds is 6. The first-order chi connectivity index (χ1) is 11.5. The van der Waals surface area contributed by atoms with Gasteiger partial charge in [0.05, 0.1) is 17.7 Å². The van der Waals surface area contributed by atoms with Crippen LogP contribution in [0.25, 0.3) is 0 Å². The van der Waals surface area contributed by atoms with Gasteiger partial charge in [-0.05, 0) is 29.8 Å². The molecule has 0 saturated heterocycles. The molecule has 0 aliphatic heterocycles. The van der Waals surface area contributed by atoms with Crippen LogP contribution >= 0.6 is 23.2 Å². The zero-order valence-corrected chi connectivity index (χ0v) is 14.4. The third-order valence-corrected chi connectivity index (χ3v) is 3.94. The number of amides is 1. The van der Waals surface area contributed by atoms with Crippen LogP contribution in [0.15, 0.2) is 42.5 Å². The second kappa shape index (κ2) is 8.57. The van der Waals surface area contributed by atoms with Crippen LogP contribution in [0.1, 0.15) is 15.9 Å². The summed E-state index contributed by atoms with van der Waals surface area (Å²) in [6, 6.07) is 11.7. The molecule has 0 unspecified atom stereocenters. The van der Waals surface area contributed by atoms with E-state index < -0.39 is 5.97 Å². The second-order valence-corrected chi connectivity index (χ2v) is 5.59. The number of nitrogens with one attached hydrogen (secondary N) is 1. The van der Waals surface area contributed by atoms with Crippen LogP contribution in [-0.4, -0.2) is 25.6 Å². The summed E-state index contributed by atoms with van der Waals surface area (Å²) in [7, 11) is 1.32. The van der Waals surface area contributed by atoms with Gasteiger partial charge in [0.15, 0.2) is 6.61 Å². The van der Waals surface area contributed by atoms with E-state index in [1.165, 1.54) is 7.11 Å². The number of carbonyl (C=O) groups excluding carboxylic acids is 2. The van der Waals surface area contributed by atoms with Crippen molar-refractivity contribution in [2.45, 2.75) is 6.54 Å². The largest absolute Gasteiger partial charge is 0.482 e. The van der Waals surface area contributed by atoms with Crippen molar-refractivity contribution >= 4 is 35.1 Å². The van der Waals surface area contributed by atoms with E-state index in [2.05, 4.69) is 10.1 Å². The number of hydrogen-bond donors (Lipinski definition) is 1. The summed E-state index contributed by atoms with van der Waals surface area (Å²) in [5.41, 5.74) is 1.29. The molecule has 2 aromatic rings. The molecule has 1 amide bonds. The summed E-state index contributed by atoms with van der Waals surface area (Å²) >= 11 is 11.8. The monoisotopic (exact) mass is 367 g/mol. The lowest BCUT2D eigenvalue weighted by atomic mass is 10.1. The Labute approximate surface area is 149 Å². The third kappa shape index (κ3) is 4.88. The van der Waals surface area contributed by atoms with Gasteiger partial charge in [0, 0.05) is 6.54 Å². The maximum absolute atomic E-state index is 11.8. The van der Waals surface area contributed by atoms with Crippen molar-refractivity contribution < 1.29 is 19.1 Å². The minimum atomic E-state index is -0.405. The summed E-state index contributed by atoms with van der Waals surface area (Å²) in [5, 5.41) is 3.34. The fourth-order valence-corrected chi connectivity index (χ4v) is 2.21. The normalized spacial score (nSPS) is 10.1. The summed E-state index contributed by atoms with van der Waals surface area (Å²) in [5.74, 6) is -0.359. The molecule has 1 N–H and O–H groups in total. The molecule has 0 radical (unpaired) electrons. The smallest absolute Gasteiger partial charge is 0.337 e. The highest BCUT2D eigenvalue weighted by Gasteiger charge is 2.09. The van der Waals surface area contributed by atoms with E-state index in [4.69, 9.17) is 27.9 Å². The number of methoxy groups -OCH3 is 1. The van der Waals surface area contributed by atoms with Crippen LogP contribution < -0.4 is 10.1 Å². The number of esters is 1. The third-order valence-electron chi connectivity index (χ3n) is 3.14. The van der Waals surface area contributed by atoms with Gasteiger partial charge >= 0.3 is 5.97 Å². The Morgan fingerprint density at radius 3 is 2.46 bits per heavy atom. The highest BCUT2D eigenvalue weighted by atomic mass is 35.5. The van der Waals surface area contributed by atoms with E-state index in [1.54, 1.807) is 42.5 Å². The lowest BCUT2D eigenvalue weighted by molar-refractivity contribution is -0.123. The molecule has 0 aromatic heterocycles. The van der Waals surface area contributed by atoms with Crippen molar-refractivity contribution in [3.05, 3.63) is 63.6 Å². The van der Waals surface area contributed by atoms with Crippen LogP contribution in [0.2, 0.25) is 10.0 Å². The Balaban J connectivity index is 1.83. The molecular weight excluding hydrogens is 353 g/mol. The maximum Gasteiger partial charge on any atom is 0.337 e. The van der Waals surface area contributed by atoms with E-state index in [0.29, 0.717) is 22.9 Å². The second-order valence-electron chi connectivity index (χ2n) is 4.81. The van der Waals surface area contributed by atoms with E-state index in [0.717, 1.165) is 5.56 Å². The van der Waals surface area contributed by atoms with Crippen LogP contribution in [0.5, 0.6) is 5.75 Å². The Morgan fingerprint density at radius 1 is 1.08 bits per heavy atom. The number of halogens is 2. The minimum absolute atomic E-state index is 0.180. The molecule has 0 fully saturated rings. The van der Waals surface area contributed by atoms with Crippen molar-refractivity contribution in [1.82, 2.24) is 5.32 Å². The Hall–Kier alpha value is -2.24. The van der Waals surface area contributed by atoms with E-state index in [-0.39, 0.29) is 17.5 Å². The van der Waals surface area contributed by atoms with Crippen molar-refractivity contribution in [2.75, 3.05) is 13.7 Å². The molecule has 7 heteroatoms. The SMILES string of the molecule is COC(=O)c1ccc(CNC(=O)COc2cccc(Cl)c2Cl)cc1. The predicted octanol–water partition coefficient (Wildman–Crippen LogP) is 3.48. The Morgan fingerprint density at radius 2 is 1.79 bits per heavy atom.